The highest BCUT2D eigenvalue weighted by atomic mass is 32.2. The van der Waals surface area contributed by atoms with E-state index in [-0.39, 0.29) is 29.9 Å². The van der Waals surface area contributed by atoms with Crippen LogP contribution in [-0.4, -0.2) is 26.7 Å². The number of sulfone groups is 1. The van der Waals surface area contributed by atoms with Crippen LogP contribution in [0.5, 0.6) is 0 Å². The molecule has 170 valence electrons. The molecule has 2 aromatic rings. The second-order valence-corrected chi connectivity index (χ2v) is 10.5. The number of carbonyl (C=O) groups is 1. The van der Waals surface area contributed by atoms with E-state index >= 15 is 4.39 Å². The minimum Gasteiger partial charge on any atom is -0.466 e. The summed E-state index contributed by atoms with van der Waals surface area (Å²) in [5.41, 5.74) is 1.52. The van der Waals surface area contributed by atoms with Gasteiger partial charge in [0.05, 0.1) is 23.6 Å². The highest BCUT2D eigenvalue weighted by Gasteiger charge is 2.37. The Morgan fingerprint density at radius 3 is 2.42 bits per heavy atom. The zero-order valence-corrected chi connectivity index (χ0v) is 19.8. The number of hydrogen-bond donors (Lipinski definition) is 0. The lowest BCUT2D eigenvalue weighted by atomic mass is 9.94. The number of benzene rings is 2. The first-order valence-corrected chi connectivity index (χ1v) is 12.7. The summed E-state index contributed by atoms with van der Waals surface area (Å²) in [4.78, 5) is 18.0. The lowest BCUT2D eigenvalue weighted by Crippen LogP contribution is -2.18. The number of esters is 1. The van der Waals surface area contributed by atoms with Crippen molar-refractivity contribution in [1.82, 2.24) is 0 Å². The van der Waals surface area contributed by atoms with Crippen molar-refractivity contribution in [3.8, 4) is 0 Å². The number of halogens is 1. The van der Waals surface area contributed by atoms with Gasteiger partial charge in [0.15, 0.2) is 0 Å². The van der Waals surface area contributed by atoms with Gasteiger partial charge in [0.2, 0.25) is 9.84 Å². The SMILES string of the molecule is CCOC(=O)CC1=C(C)N=C2CC=C(F)C(S(=O)(=O)c3ccc(Sc4ccccc4)cc3)=C21. The van der Waals surface area contributed by atoms with Crippen LogP contribution >= 0.6 is 11.8 Å². The van der Waals surface area contributed by atoms with Gasteiger partial charge >= 0.3 is 5.97 Å². The van der Waals surface area contributed by atoms with Crippen molar-refractivity contribution in [1.29, 1.82) is 0 Å². The van der Waals surface area contributed by atoms with Crippen LogP contribution in [0.25, 0.3) is 0 Å². The Kier molecular flexibility index (Phi) is 6.67. The molecule has 0 saturated carbocycles. The molecule has 0 amide bonds. The molecule has 1 aliphatic heterocycles. The van der Waals surface area contributed by atoms with Gasteiger partial charge in [-0.1, -0.05) is 30.0 Å². The molecule has 0 aromatic heterocycles. The molecule has 8 heteroatoms. The predicted molar refractivity (Wildman–Crippen MR) is 126 cm³/mol. The van der Waals surface area contributed by atoms with Gasteiger partial charge in [-0.05, 0) is 61.9 Å². The summed E-state index contributed by atoms with van der Waals surface area (Å²) in [6, 6.07) is 16.1. The molecule has 0 bridgehead atoms. The van der Waals surface area contributed by atoms with Crippen molar-refractivity contribution < 1.29 is 22.3 Å². The molecule has 1 aliphatic carbocycles. The molecule has 0 fully saturated rings. The summed E-state index contributed by atoms with van der Waals surface area (Å²) in [5, 5.41) is 0. The topological polar surface area (TPSA) is 72.8 Å². The highest BCUT2D eigenvalue weighted by molar-refractivity contribution is 7.99. The van der Waals surface area contributed by atoms with Crippen molar-refractivity contribution in [2.75, 3.05) is 6.61 Å². The van der Waals surface area contributed by atoms with Crippen LogP contribution in [0.15, 0.2) is 108 Å². The first-order valence-electron chi connectivity index (χ1n) is 10.4. The van der Waals surface area contributed by atoms with E-state index in [4.69, 9.17) is 4.74 Å². The number of nitrogens with zero attached hydrogens (tertiary/aromatic N) is 1. The summed E-state index contributed by atoms with van der Waals surface area (Å²) >= 11 is 1.50. The average Bonchev–Trinajstić information content (AvgIpc) is 3.09. The number of carbonyl (C=O) groups excluding carboxylic acids is 1. The molecule has 0 radical (unpaired) electrons. The second kappa shape index (κ2) is 9.49. The molecular formula is C25H22FNO4S2. The van der Waals surface area contributed by atoms with Gasteiger partial charge in [0, 0.05) is 27.5 Å². The first-order chi connectivity index (χ1) is 15.8. The molecule has 0 unspecified atom stereocenters. The quantitative estimate of drug-likeness (QED) is 0.465. The van der Waals surface area contributed by atoms with Gasteiger partial charge in [0.25, 0.3) is 0 Å². The molecule has 0 spiro atoms. The zero-order chi connectivity index (χ0) is 23.6. The normalized spacial score (nSPS) is 15.8. The van der Waals surface area contributed by atoms with Crippen LogP contribution in [0.4, 0.5) is 4.39 Å². The van der Waals surface area contributed by atoms with Crippen molar-refractivity contribution >= 4 is 33.3 Å². The number of allylic oxidation sites excluding steroid dienone is 4. The molecule has 4 rings (SSSR count). The molecule has 0 atom stereocenters. The van der Waals surface area contributed by atoms with Gasteiger partial charge in [-0.2, -0.15) is 0 Å². The molecule has 5 nitrogen and oxygen atoms in total. The number of fused-ring (bicyclic) bond motifs is 1. The zero-order valence-electron chi connectivity index (χ0n) is 18.2. The van der Waals surface area contributed by atoms with E-state index in [1.165, 1.54) is 30.0 Å². The third kappa shape index (κ3) is 4.72. The monoisotopic (exact) mass is 483 g/mol. The van der Waals surface area contributed by atoms with Crippen LogP contribution in [0, 0.1) is 0 Å². The summed E-state index contributed by atoms with van der Waals surface area (Å²) in [6.45, 7) is 3.57. The largest absolute Gasteiger partial charge is 0.466 e. The number of hydrogen-bond acceptors (Lipinski definition) is 6. The van der Waals surface area contributed by atoms with Crippen LogP contribution in [0.3, 0.4) is 0 Å². The summed E-state index contributed by atoms with van der Waals surface area (Å²) < 4.78 is 47.1. The minimum atomic E-state index is -4.20. The van der Waals surface area contributed by atoms with Gasteiger partial charge in [-0.25, -0.2) is 12.8 Å². The van der Waals surface area contributed by atoms with Crippen molar-refractivity contribution in [3.63, 3.8) is 0 Å². The summed E-state index contributed by atoms with van der Waals surface area (Å²) in [7, 11) is -4.20. The standard InChI is InChI=1S/C25H22FNO4S2/c1-3-31-23(28)15-20-16(2)27-22-14-13-21(26)25(24(20)22)33(29,30)19-11-9-18(10-12-19)32-17-7-5-4-6-8-17/h4-13H,3,14-15H2,1-2H3. The average molecular weight is 484 g/mol. The maximum Gasteiger partial charge on any atom is 0.310 e. The molecule has 2 aromatic carbocycles. The predicted octanol–water partition coefficient (Wildman–Crippen LogP) is 5.80. The third-order valence-corrected chi connectivity index (χ3v) is 8.10. The minimum absolute atomic E-state index is 0.0211. The molecule has 0 N–H and O–H groups in total. The van der Waals surface area contributed by atoms with Gasteiger partial charge in [-0.15, -0.1) is 0 Å². The molecule has 0 saturated heterocycles. The van der Waals surface area contributed by atoms with Crippen LogP contribution in [0.2, 0.25) is 0 Å². The van der Waals surface area contributed by atoms with Crippen molar-refractivity contribution in [3.05, 3.63) is 88.2 Å². The fraction of sp³-hybridized carbons (Fsp3) is 0.200. The van der Waals surface area contributed by atoms with Crippen molar-refractivity contribution in [2.24, 2.45) is 4.99 Å². The van der Waals surface area contributed by atoms with Gasteiger partial charge in [0.1, 0.15) is 10.7 Å². The van der Waals surface area contributed by atoms with Crippen LogP contribution < -0.4 is 0 Å². The maximum absolute atomic E-state index is 15.0. The third-order valence-electron chi connectivity index (χ3n) is 5.26. The Bertz CT molecular complexity index is 1320. The summed E-state index contributed by atoms with van der Waals surface area (Å²) in [5.74, 6) is -1.34. The fourth-order valence-electron chi connectivity index (χ4n) is 3.76. The number of rotatable bonds is 7. The van der Waals surface area contributed by atoms with E-state index < -0.39 is 26.5 Å². The Hall–Kier alpha value is -2.97. The second-order valence-electron chi connectivity index (χ2n) is 7.45. The molecule has 1 heterocycles. The van der Waals surface area contributed by atoms with Gasteiger partial charge in [-0.3, -0.25) is 9.79 Å². The molecule has 2 aliphatic rings. The van der Waals surface area contributed by atoms with Crippen molar-refractivity contribution in [2.45, 2.75) is 41.4 Å². The molecule has 33 heavy (non-hydrogen) atoms. The smallest absolute Gasteiger partial charge is 0.310 e. The Labute approximate surface area is 196 Å². The lowest BCUT2D eigenvalue weighted by Gasteiger charge is -2.19. The number of aliphatic imine (C=N–C) groups is 1. The van der Waals surface area contributed by atoms with E-state index in [0.717, 1.165) is 9.79 Å². The highest BCUT2D eigenvalue weighted by Crippen LogP contribution is 2.42. The lowest BCUT2D eigenvalue weighted by molar-refractivity contribution is -0.142. The van der Waals surface area contributed by atoms with E-state index in [9.17, 15) is 13.2 Å². The first kappa shape index (κ1) is 23.2. The van der Waals surface area contributed by atoms with Crippen LogP contribution in [0.1, 0.15) is 26.7 Å². The van der Waals surface area contributed by atoms with E-state index in [1.54, 1.807) is 26.0 Å². The Balaban J connectivity index is 1.72. The Morgan fingerprint density at radius 1 is 1.09 bits per heavy atom. The number of ether oxygens (including phenoxy) is 1. The van der Waals surface area contributed by atoms with E-state index in [1.807, 2.05) is 30.3 Å². The fourth-order valence-corrected chi connectivity index (χ4v) is 6.18. The van der Waals surface area contributed by atoms with Crippen LogP contribution in [-0.2, 0) is 19.4 Å². The maximum atomic E-state index is 15.0. The van der Waals surface area contributed by atoms with Gasteiger partial charge < -0.3 is 4.74 Å². The Morgan fingerprint density at radius 2 is 1.76 bits per heavy atom. The van der Waals surface area contributed by atoms with E-state index in [0.29, 0.717) is 17.0 Å². The molecular weight excluding hydrogens is 461 g/mol. The summed E-state index contributed by atoms with van der Waals surface area (Å²) in [6.07, 6.45) is 1.22. The van der Waals surface area contributed by atoms with E-state index in [2.05, 4.69) is 4.99 Å².